The Labute approximate surface area is 160 Å². The lowest BCUT2D eigenvalue weighted by Gasteiger charge is -2.08. The number of rotatable bonds is 4. The number of nitrogens with one attached hydrogen (secondary N) is 2. The summed E-state index contributed by atoms with van der Waals surface area (Å²) in [4.78, 5) is 35.7. The summed E-state index contributed by atoms with van der Waals surface area (Å²) >= 11 is 5.75. The predicted octanol–water partition coefficient (Wildman–Crippen LogP) is 3.11. The summed E-state index contributed by atoms with van der Waals surface area (Å²) in [5, 5.41) is 2.39. The molecule has 0 aromatic heterocycles. The van der Waals surface area contributed by atoms with Gasteiger partial charge in [-0.3, -0.25) is 20.4 Å². The number of fused-ring (bicyclic) bond motifs is 1. The van der Waals surface area contributed by atoms with Gasteiger partial charge >= 0.3 is 5.97 Å². The number of halogens is 1. The Balaban J connectivity index is 1.49. The highest BCUT2D eigenvalue weighted by molar-refractivity contribution is 6.30. The van der Waals surface area contributed by atoms with Crippen LogP contribution in [-0.2, 0) is 9.53 Å². The molecule has 27 heavy (non-hydrogen) atoms. The molecule has 2 amide bonds. The zero-order chi connectivity index (χ0) is 19.2. The molecule has 6 nitrogen and oxygen atoms in total. The topological polar surface area (TPSA) is 84.5 Å². The lowest BCUT2D eigenvalue weighted by atomic mass is 10.1. The lowest BCUT2D eigenvalue weighted by molar-refractivity contribution is -0.125. The fourth-order valence-corrected chi connectivity index (χ4v) is 2.49. The molecule has 3 rings (SSSR count). The van der Waals surface area contributed by atoms with Crippen molar-refractivity contribution in [1.82, 2.24) is 10.9 Å². The van der Waals surface area contributed by atoms with E-state index in [1.165, 1.54) is 12.1 Å². The first-order chi connectivity index (χ1) is 13.0. The molecule has 0 fully saturated rings. The Bertz CT molecular complexity index is 1000. The smallest absolute Gasteiger partial charge is 0.338 e. The van der Waals surface area contributed by atoms with Crippen molar-refractivity contribution in [2.24, 2.45) is 0 Å². The summed E-state index contributed by atoms with van der Waals surface area (Å²) in [6.07, 6.45) is 0. The van der Waals surface area contributed by atoms with E-state index in [1.807, 2.05) is 24.3 Å². The first kappa shape index (κ1) is 18.4. The third-order valence-electron chi connectivity index (χ3n) is 3.74. The van der Waals surface area contributed by atoms with Crippen LogP contribution in [0.25, 0.3) is 10.8 Å². The van der Waals surface area contributed by atoms with Crippen LogP contribution in [0.3, 0.4) is 0 Å². The van der Waals surface area contributed by atoms with Crippen LogP contribution in [0.5, 0.6) is 0 Å². The molecule has 0 heterocycles. The van der Waals surface area contributed by atoms with Gasteiger partial charge in [-0.25, -0.2) is 4.79 Å². The third kappa shape index (κ3) is 4.83. The summed E-state index contributed by atoms with van der Waals surface area (Å²) in [5.74, 6) is -1.80. The molecule has 0 saturated carbocycles. The van der Waals surface area contributed by atoms with Crippen LogP contribution in [0.15, 0.2) is 66.7 Å². The van der Waals surface area contributed by atoms with Gasteiger partial charge in [0.25, 0.3) is 11.8 Å². The van der Waals surface area contributed by atoms with E-state index in [0.717, 1.165) is 10.8 Å². The number of hydrogen-bond acceptors (Lipinski definition) is 4. The average Bonchev–Trinajstić information content (AvgIpc) is 2.70. The van der Waals surface area contributed by atoms with Crippen LogP contribution >= 0.6 is 11.6 Å². The zero-order valence-corrected chi connectivity index (χ0v) is 14.8. The Kier molecular flexibility index (Phi) is 5.68. The molecule has 136 valence electrons. The molecular formula is C20H15ClN2O4. The second kappa shape index (κ2) is 8.33. The Morgan fingerprint density at radius 2 is 1.48 bits per heavy atom. The van der Waals surface area contributed by atoms with E-state index in [9.17, 15) is 14.4 Å². The van der Waals surface area contributed by atoms with Crippen molar-refractivity contribution >= 4 is 40.2 Å². The maximum Gasteiger partial charge on any atom is 0.338 e. The molecule has 0 atom stereocenters. The molecular weight excluding hydrogens is 368 g/mol. The second-order valence-corrected chi connectivity index (χ2v) is 6.08. The first-order valence-corrected chi connectivity index (χ1v) is 8.41. The maximum atomic E-state index is 12.1. The van der Waals surface area contributed by atoms with Gasteiger partial charge in [-0.2, -0.15) is 0 Å². The summed E-state index contributed by atoms with van der Waals surface area (Å²) in [5.41, 5.74) is 5.08. The number of carbonyl (C=O) groups is 3. The van der Waals surface area contributed by atoms with Crippen LogP contribution in [0.4, 0.5) is 0 Å². The number of ether oxygens (including phenoxy) is 1. The minimum atomic E-state index is -0.661. The van der Waals surface area contributed by atoms with Crippen LogP contribution in [-0.4, -0.2) is 24.4 Å². The molecule has 0 bridgehead atoms. The van der Waals surface area contributed by atoms with Gasteiger partial charge in [-0.1, -0.05) is 41.9 Å². The summed E-state index contributed by atoms with van der Waals surface area (Å²) in [7, 11) is 0. The summed E-state index contributed by atoms with van der Waals surface area (Å²) < 4.78 is 4.97. The van der Waals surface area contributed by atoms with Gasteiger partial charge in [0.1, 0.15) is 0 Å². The number of hydrogen-bond donors (Lipinski definition) is 2. The van der Waals surface area contributed by atoms with Gasteiger partial charge in [0.15, 0.2) is 6.61 Å². The van der Waals surface area contributed by atoms with Crippen molar-refractivity contribution in [1.29, 1.82) is 0 Å². The van der Waals surface area contributed by atoms with Crippen molar-refractivity contribution in [3.63, 3.8) is 0 Å². The highest BCUT2D eigenvalue weighted by Gasteiger charge is 2.12. The zero-order valence-electron chi connectivity index (χ0n) is 14.1. The number of carbonyl (C=O) groups excluding carboxylic acids is 3. The fourth-order valence-electron chi connectivity index (χ4n) is 2.37. The van der Waals surface area contributed by atoms with E-state index in [1.54, 1.807) is 30.3 Å². The summed E-state index contributed by atoms with van der Waals surface area (Å²) in [6, 6.07) is 18.9. The second-order valence-electron chi connectivity index (χ2n) is 5.65. The number of amides is 2. The van der Waals surface area contributed by atoms with E-state index in [-0.39, 0.29) is 0 Å². The van der Waals surface area contributed by atoms with Crippen molar-refractivity contribution in [2.45, 2.75) is 0 Å². The quantitative estimate of drug-likeness (QED) is 0.536. The van der Waals surface area contributed by atoms with Gasteiger partial charge in [-0.15, -0.1) is 0 Å². The molecule has 0 saturated heterocycles. The first-order valence-electron chi connectivity index (χ1n) is 8.03. The fraction of sp³-hybridized carbons (Fsp3) is 0.0500. The molecule has 3 aromatic carbocycles. The van der Waals surface area contributed by atoms with Crippen molar-refractivity contribution in [3.05, 3.63) is 82.9 Å². The van der Waals surface area contributed by atoms with Gasteiger partial charge in [0.2, 0.25) is 0 Å². The van der Waals surface area contributed by atoms with Gasteiger partial charge < -0.3 is 4.74 Å². The molecule has 0 aliphatic carbocycles. The van der Waals surface area contributed by atoms with E-state index in [0.29, 0.717) is 16.1 Å². The molecule has 3 aromatic rings. The minimum Gasteiger partial charge on any atom is -0.452 e. The van der Waals surface area contributed by atoms with E-state index >= 15 is 0 Å². The molecule has 2 N–H and O–H groups in total. The highest BCUT2D eigenvalue weighted by Crippen LogP contribution is 2.16. The molecule has 0 radical (unpaired) electrons. The van der Waals surface area contributed by atoms with Gasteiger partial charge in [0.05, 0.1) is 5.56 Å². The standard InChI is InChI=1S/C20H15ClN2O4/c21-17-9-7-14(8-10-17)19(25)23-22-18(24)12-27-20(26)16-6-5-13-3-1-2-4-15(13)11-16/h1-11H,12H2,(H,22,24)(H,23,25). The Morgan fingerprint density at radius 1 is 0.815 bits per heavy atom. The average molecular weight is 383 g/mol. The third-order valence-corrected chi connectivity index (χ3v) is 3.99. The van der Waals surface area contributed by atoms with Crippen molar-refractivity contribution in [2.75, 3.05) is 6.61 Å². The largest absolute Gasteiger partial charge is 0.452 e. The van der Waals surface area contributed by atoms with Crippen molar-refractivity contribution < 1.29 is 19.1 Å². The minimum absolute atomic E-state index is 0.327. The lowest BCUT2D eigenvalue weighted by Crippen LogP contribution is -2.43. The normalized spacial score (nSPS) is 10.3. The number of benzene rings is 3. The van der Waals surface area contributed by atoms with Gasteiger partial charge in [-0.05, 0) is 47.2 Å². The molecule has 7 heteroatoms. The molecule has 0 aliphatic heterocycles. The summed E-state index contributed by atoms with van der Waals surface area (Å²) in [6.45, 7) is -0.521. The van der Waals surface area contributed by atoms with Crippen LogP contribution in [0.2, 0.25) is 5.02 Å². The molecule has 0 unspecified atom stereocenters. The van der Waals surface area contributed by atoms with E-state index in [4.69, 9.17) is 16.3 Å². The highest BCUT2D eigenvalue weighted by atomic mass is 35.5. The Morgan fingerprint density at radius 3 is 2.22 bits per heavy atom. The van der Waals surface area contributed by atoms with Crippen LogP contribution < -0.4 is 10.9 Å². The maximum absolute atomic E-state index is 12.1. The molecule has 0 aliphatic rings. The van der Waals surface area contributed by atoms with E-state index in [2.05, 4.69) is 10.9 Å². The SMILES string of the molecule is O=C(COC(=O)c1ccc2ccccc2c1)NNC(=O)c1ccc(Cl)cc1. The Hall–Kier alpha value is -3.38. The number of hydrazine groups is 1. The number of esters is 1. The predicted molar refractivity (Wildman–Crippen MR) is 101 cm³/mol. The monoisotopic (exact) mass is 382 g/mol. The van der Waals surface area contributed by atoms with Crippen LogP contribution in [0.1, 0.15) is 20.7 Å². The van der Waals surface area contributed by atoms with Crippen molar-refractivity contribution in [3.8, 4) is 0 Å². The van der Waals surface area contributed by atoms with Gasteiger partial charge in [0, 0.05) is 10.6 Å². The van der Waals surface area contributed by atoms with Crippen LogP contribution in [0, 0.1) is 0 Å². The molecule has 0 spiro atoms. The van der Waals surface area contributed by atoms with E-state index < -0.39 is 24.4 Å².